The fraction of sp³-hybridized carbons (Fsp3) is 0.105. The molecule has 0 atom stereocenters. The Labute approximate surface area is 160 Å². The molecular formula is C19H14Cl2N4O. The molecule has 2 N–H and O–H groups in total. The molecule has 7 heteroatoms. The van der Waals surface area contributed by atoms with Gasteiger partial charge in [0.1, 0.15) is 5.69 Å². The first-order valence-electron chi connectivity index (χ1n) is 8.07. The van der Waals surface area contributed by atoms with E-state index in [2.05, 4.69) is 26.8 Å². The number of nitrogens with zero attached hydrogens (tertiary/aromatic N) is 2. The van der Waals surface area contributed by atoms with Gasteiger partial charge in [0, 0.05) is 21.7 Å². The van der Waals surface area contributed by atoms with Gasteiger partial charge in [-0.2, -0.15) is 10.2 Å². The summed E-state index contributed by atoms with van der Waals surface area (Å²) in [7, 11) is 0. The third-order valence-corrected chi connectivity index (χ3v) is 4.91. The van der Waals surface area contributed by atoms with Crippen LogP contribution in [0, 0.1) is 0 Å². The van der Waals surface area contributed by atoms with E-state index < -0.39 is 0 Å². The fourth-order valence-corrected chi connectivity index (χ4v) is 3.53. The molecule has 0 aliphatic heterocycles. The number of hydrazone groups is 1. The summed E-state index contributed by atoms with van der Waals surface area (Å²) in [5.41, 5.74) is 7.69. The van der Waals surface area contributed by atoms with Crippen LogP contribution >= 0.6 is 23.2 Å². The molecule has 1 heterocycles. The van der Waals surface area contributed by atoms with E-state index in [1.54, 1.807) is 18.2 Å². The topological polar surface area (TPSA) is 70.1 Å². The van der Waals surface area contributed by atoms with Crippen molar-refractivity contribution in [2.24, 2.45) is 5.10 Å². The standard InChI is InChI=1S/C19H14Cl2N4O/c20-13-7-5-12(16(21)9-13)10-22-25-19(26)18-15-8-6-11-3-1-2-4-14(11)17(15)23-24-18/h1-5,7,9-10H,6,8H2,(H,23,24)(H,25,26). The Morgan fingerprint density at radius 3 is 2.88 bits per heavy atom. The van der Waals surface area contributed by atoms with Gasteiger partial charge in [-0.05, 0) is 30.5 Å². The fourth-order valence-electron chi connectivity index (χ4n) is 3.07. The number of hydrogen-bond acceptors (Lipinski definition) is 3. The van der Waals surface area contributed by atoms with Gasteiger partial charge in [0.2, 0.25) is 0 Å². The number of aromatic nitrogens is 2. The molecule has 0 fully saturated rings. The second-order valence-corrected chi connectivity index (χ2v) is 6.79. The van der Waals surface area contributed by atoms with Crippen molar-refractivity contribution in [2.75, 3.05) is 0 Å². The van der Waals surface area contributed by atoms with Crippen molar-refractivity contribution in [1.82, 2.24) is 15.6 Å². The lowest BCUT2D eigenvalue weighted by Gasteiger charge is -2.15. The molecule has 130 valence electrons. The molecule has 0 radical (unpaired) electrons. The lowest BCUT2D eigenvalue weighted by molar-refractivity contribution is 0.0949. The quantitative estimate of drug-likeness (QED) is 0.523. The number of nitrogens with one attached hydrogen (secondary N) is 2. The van der Waals surface area contributed by atoms with Crippen LogP contribution in [0.3, 0.4) is 0 Å². The number of hydrogen-bond donors (Lipinski definition) is 2. The van der Waals surface area contributed by atoms with Crippen LogP contribution in [-0.2, 0) is 12.8 Å². The summed E-state index contributed by atoms with van der Waals surface area (Å²) in [6, 6.07) is 13.2. The van der Waals surface area contributed by atoms with Gasteiger partial charge in [-0.3, -0.25) is 9.89 Å². The number of carbonyl (C=O) groups is 1. The van der Waals surface area contributed by atoms with Gasteiger partial charge in [-0.15, -0.1) is 0 Å². The van der Waals surface area contributed by atoms with E-state index >= 15 is 0 Å². The minimum Gasteiger partial charge on any atom is -0.272 e. The Morgan fingerprint density at radius 1 is 1.19 bits per heavy atom. The number of aromatic amines is 1. The maximum atomic E-state index is 12.5. The van der Waals surface area contributed by atoms with Crippen molar-refractivity contribution in [3.05, 3.63) is 74.9 Å². The molecule has 0 spiro atoms. The van der Waals surface area contributed by atoms with Crippen molar-refractivity contribution in [3.63, 3.8) is 0 Å². The lowest BCUT2D eigenvalue weighted by Crippen LogP contribution is -2.20. The molecule has 0 unspecified atom stereocenters. The van der Waals surface area contributed by atoms with Gasteiger partial charge >= 0.3 is 0 Å². The zero-order valence-electron chi connectivity index (χ0n) is 13.6. The minimum absolute atomic E-state index is 0.334. The first-order chi connectivity index (χ1) is 12.6. The summed E-state index contributed by atoms with van der Waals surface area (Å²) in [5, 5.41) is 12.2. The van der Waals surface area contributed by atoms with Crippen LogP contribution in [-0.4, -0.2) is 22.3 Å². The Morgan fingerprint density at radius 2 is 2.04 bits per heavy atom. The number of benzene rings is 2. The van der Waals surface area contributed by atoms with E-state index in [1.165, 1.54) is 11.8 Å². The molecule has 4 rings (SSSR count). The number of halogens is 2. The third kappa shape index (κ3) is 3.11. The predicted molar refractivity (Wildman–Crippen MR) is 103 cm³/mol. The van der Waals surface area contributed by atoms with Crippen molar-refractivity contribution < 1.29 is 4.79 Å². The van der Waals surface area contributed by atoms with Gasteiger partial charge in [0.25, 0.3) is 5.91 Å². The highest BCUT2D eigenvalue weighted by Gasteiger charge is 2.24. The Balaban J connectivity index is 1.54. The summed E-state index contributed by atoms with van der Waals surface area (Å²) >= 11 is 11.9. The van der Waals surface area contributed by atoms with E-state index in [0.29, 0.717) is 21.3 Å². The second kappa shape index (κ2) is 6.94. The van der Waals surface area contributed by atoms with Gasteiger partial charge in [-0.1, -0.05) is 53.5 Å². The van der Waals surface area contributed by atoms with Gasteiger partial charge in [0.15, 0.2) is 0 Å². The third-order valence-electron chi connectivity index (χ3n) is 4.34. The molecular weight excluding hydrogens is 371 g/mol. The molecule has 1 aromatic heterocycles. The maximum Gasteiger partial charge on any atom is 0.289 e. The molecule has 2 aromatic carbocycles. The van der Waals surface area contributed by atoms with E-state index in [1.807, 2.05) is 18.2 Å². The van der Waals surface area contributed by atoms with E-state index in [9.17, 15) is 4.79 Å². The average molecular weight is 385 g/mol. The molecule has 0 bridgehead atoms. The molecule has 1 aliphatic rings. The number of carbonyl (C=O) groups excluding carboxylic acids is 1. The average Bonchev–Trinajstić information content (AvgIpc) is 3.08. The van der Waals surface area contributed by atoms with Crippen LogP contribution in [0.25, 0.3) is 11.3 Å². The monoisotopic (exact) mass is 384 g/mol. The van der Waals surface area contributed by atoms with Crippen LogP contribution in [0.5, 0.6) is 0 Å². The summed E-state index contributed by atoms with van der Waals surface area (Å²) in [4.78, 5) is 12.5. The van der Waals surface area contributed by atoms with E-state index in [4.69, 9.17) is 23.2 Å². The highest BCUT2D eigenvalue weighted by molar-refractivity contribution is 6.36. The summed E-state index contributed by atoms with van der Waals surface area (Å²) in [6.07, 6.45) is 3.12. The van der Waals surface area contributed by atoms with Crippen LogP contribution in [0.15, 0.2) is 47.6 Å². The molecule has 1 aliphatic carbocycles. The van der Waals surface area contributed by atoms with Crippen LogP contribution in [0.1, 0.15) is 27.2 Å². The lowest BCUT2D eigenvalue weighted by atomic mass is 9.89. The zero-order chi connectivity index (χ0) is 18.1. The van der Waals surface area contributed by atoms with Crippen molar-refractivity contribution in [3.8, 4) is 11.3 Å². The summed E-state index contributed by atoms with van der Waals surface area (Å²) in [5.74, 6) is -0.334. The number of rotatable bonds is 3. The number of fused-ring (bicyclic) bond motifs is 3. The molecule has 0 saturated carbocycles. The van der Waals surface area contributed by atoms with Gasteiger partial charge in [0.05, 0.1) is 16.9 Å². The first-order valence-corrected chi connectivity index (χ1v) is 8.83. The molecule has 5 nitrogen and oxygen atoms in total. The number of aryl methyl sites for hydroxylation is 1. The zero-order valence-corrected chi connectivity index (χ0v) is 15.1. The highest BCUT2D eigenvalue weighted by atomic mass is 35.5. The normalized spacial score (nSPS) is 12.7. The Bertz CT molecular complexity index is 1030. The minimum atomic E-state index is -0.334. The van der Waals surface area contributed by atoms with Gasteiger partial charge in [-0.25, -0.2) is 5.43 Å². The van der Waals surface area contributed by atoms with Crippen LogP contribution < -0.4 is 5.43 Å². The Hall–Kier alpha value is -2.63. The van der Waals surface area contributed by atoms with E-state index in [-0.39, 0.29) is 5.91 Å². The van der Waals surface area contributed by atoms with Crippen molar-refractivity contribution >= 4 is 35.3 Å². The second-order valence-electron chi connectivity index (χ2n) is 5.95. The smallest absolute Gasteiger partial charge is 0.272 e. The predicted octanol–water partition coefficient (Wildman–Crippen LogP) is 4.25. The SMILES string of the molecule is O=C(NN=Cc1ccc(Cl)cc1Cl)c1[nH]nc2c1CCc1ccccc1-2. The van der Waals surface area contributed by atoms with Crippen LogP contribution in [0.4, 0.5) is 0 Å². The molecule has 1 amide bonds. The maximum absolute atomic E-state index is 12.5. The van der Waals surface area contributed by atoms with Gasteiger partial charge < -0.3 is 0 Å². The number of amides is 1. The largest absolute Gasteiger partial charge is 0.289 e. The van der Waals surface area contributed by atoms with E-state index in [0.717, 1.165) is 29.7 Å². The molecule has 3 aromatic rings. The van der Waals surface area contributed by atoms with Crippen molar-refractivity contribution in [2.45, 2.75) is 12.8 Å². The summed E-state index contributed by atoms with van der Waals surface area (Å²) in [6.45, 7) is 0. The highest BCUT2D eigenvalue weighted by Crippen LogP contribution is 2.33. The molecule has 26 heavy (non-hydrogen) atoms. The van der Waals surface area contributed by atoms with Crippen LogP contribution in [0.2, 0.25) is 10.0 Å². The summed E-state index contributed by atoms with van der Waals surface area (Å²) < 4.78 is 0. The number of H-pyrrole nitrogens is 1. The molecule has 0 saturated heterocycles. The van der Waals surface area contributed by atoms with Crippen molar-refractivity contribution in [1.29, 1.82) is 0 Å². The first kappa shape index (κ1) is 16.8. The Kier molecular flexibility index (Phi) is 4.49.